The van der Waals surface area contributed by atoms with Crippen LogP contribution >= 0.6 is 0 Å². The van der Waals surface area contributed by atoms with Crippen LogP contribution in [-0.2, 0) is 14.4 Å². The van der Waals surface area contributed by atoms with Crippen LogP contribution in [-0.4, -0.2) is 39.1 Å². The molecule has 0 radical (unpaired) electrons. The van der Waals surface area contributed by atoms with Crippen LogP contribution in [0.2, 0.25) is 0 Å². The molecule has 0 aromatic rings. The zero-order valence-corrected chi connectivity index (χ0v) is 7.44. The first kappa shape index (κ1) is 10.0. The second-order valence-electron chi connectivity index (χ2n) is 4.02. The molecule has 1 unspecified atom stereocenters. The van der Waals surface area contributed by atoms with Gasteiger partial charge in [0.2, 0.25) is 5.67 Å². The van der Waals surface area contributed by atoms with E-state index in [4.69, 9.17) is 15.9 Å². The zero-order chi connectivity index (χ0) is 11.6. The first-order valence-electron chi connectivity index (χ1n) is 4.23. The molecule has 0 saturated heterocycles. The predicted octanol–water partition coefficient (Wildman–Crippen LogP) is -1.22. The molecular weight excluding hydrogens is 209 g/mol. The number of carbonyl (C=O) groups excluding carboxylic acids is 1. The Morgan fingerprint density at radius 1 is 1.40 bits per heavy atom. The highest BCUT2D eigenvalue weighted by Gasteiger charge is 2.85. The Balaban J connectivity index is 2.42. The fourth-order valence-electron chi connectivity index (χ4n) is 2.43. The lowest BCUT2D eigenvalue weighted by atomic mass is 9.90. The highest BCUT2D eigenvalue weighted by molar-refractivity contribution is 6.06. The van der Waals surface area contributed by atoms with E-state index in [1.807, 2.05) is 0 Å². The van der Waals surface area contributed by atoms with Crippen molar-refractivity contribution in [2.75, 3.05) is 0 Å². The summed E-state index contributed by atoms with van der Waals surface area (Å²) in [5, 5.41) is 17.3. The lowest BCUT2D eigenvalue weighted by molar-refractivity contribution is -0.151. The fraction of sp³-hybridized carbons (Fsp3) is 0.625. The average molecular weight is 217 g/mol. The highest BCUT2D eigenvalue weighted by atomic mass is 19.1. The van der Waals surface area contributed by atoms with Crippen LogP contribution in [0.4, 0.5) is 4.39 Å². The molecule has 2 rings (SSSR count). The van der Waals surface area contributed by atoms with Gasteiger partial charge in [0.15, 0.2) is 0 Å². The van der Waals surface area contributed by atoms with E-state index in [9.17, 15) is 18.8 Å². The number of rotatable bonds is 2. The van der Waals surface area contributed by atoms with Crippen molar-refractivity contribution in [2.45, 2.75) is 17.6 Å². The summed E-state index contributed by atoms with van der Waals surface area (Å²) in [7, 11) is 0. The number of carbonyl (C=O) groups is 3. The molecule has 2 saturated carbocycles. The molecule has 82 valence electrons. The van der Waals surface area contributed by atoms with Gasteiger partial charge in [0.05, 0.1) is 5.92 Å². The normalized spacial score (nSPS) is 47.5. The van der Waals surface area contributed by atoms with Gasteiger partial charge in [-0.25, -0.2) is 9.18 Å². The second kappa shape index (κ2) is 2.35. The van der Waals surface area contributed by atoms with Crippen LogP contribution in [0.15, 0.2) is 0 Å². The number of ketones is 1. The van der Waals surface area contributed by atoms with Crippen LogP contribution in [0.3, 0.4) is 0 Å². The van der Waals surface area contributed by atoms with Crippen LogP contribution in [0, 0.1) is 11.8 Å². The molecule has 6 nitrogen and oxygen atoms in total. The number of hydrogen-bond donors (Lipinski definition) is 3. The van der Waals surface area contributed by atoms with Gasteiger partial charge in [-0.15, -0.1) is 0 Å². The van der Waals surface area contributed by atoms with E-state index < -0.39 is 47.2 Å². The topological polar surface area (TPSA) is 118 Å². The molecule has 4 atom stereocenters. The average Bonchev–Trinajstić information content (AvgIpc) is 2.63. The third-order valence-electron chi connectivity index (χ3n) is 3.22. The summed E-state index contributed by atoms with van der Waals surface area (Å²) in [6.07, 6.45) is -0.503. The van der Waals surface area contributed by atoms with Crippen LogP contribution in [0.5, 0.6) is 0 Å². The Hall–Kier alpha value is -1.50. The van der Waals surface area contributed by atoms with E-state index in [0.29, 0.717) is 0 Å². The van der Waals surface area contributed by atoms with Crippen LogP contribution < -0.4 is 5.73 Å². The largest absolute Gasteiger partial charge is 0.480 e. The minimum atomic E-state index is -2.79. The number of hydrogen-bond acceptors (Lipinski definition) is 4. The maximum Gasteiger partial charge on any atom is 0.342 e. The number of alkyl halides is 1. The summed E-state index contributed by atoms with van der Waals surface area (Å²) in [6.45, 7) is 0. The second-order valence-corrected chi connectivity index (χ2v) is 4.02. The maximum absolute atomic E-state index is 13.7. The molecule has 2 aliphatic rings. The maximum atomic E-state index is 13.7. The molecule has 0 heterocycles. The zero-order valence-electron chi connectivity index (χ0n) is 7.44. The van der Waals surface area contributed by atoms with Gasteiger partial charge in [0.1, 0.15) is 11.3 Å². The van der Waals surface area contributed by atoms with Crippen LogP contribution in [0.1, 0.15) is 6.42 Å². The van der Waals surface area contributed by atoms with E-state index in [1.165, 1.54) is 0 Å². The summed E-state index contributed by atoms with van der Waals surface area (Å²) >= 11 is 0. The molecular formula is C8H8FNO5. The van der Waals surface area contributed by atoms with E-state index in [-0.39, 0.29) is 0 Å². The number of halogens is 1. The van der Waals surface area contributed by atoms with Gasteiger partial charge >= 0.3 is 11.9 Å². The van der Waals surface area contributed by atoms with Crippen molar-refractivity contribution in [3.63, 3.8) is 0 Å². The third kappa shape index (κ3) is 0.883. The van der Waals surface area contributed by atoms with Crippen molar-refractivity contribution in [3.05, 3.63) is 0 Å². The molecule has 0 aromatic carbocycles. The molecule has 0 aromatic heterocycles. The van der Waals surface area contributed by atoms with E-state index in [0.717, 1.165) is 0 Å². The Kier molecular flexibility index (Phi) is 1.57. The lowest BCUT2D eigenvalue weighted by Crippen LogP contribution is -2.52. The van der Waals surface area contributed by atoms with Gasteiger partial charge in [0.25, 0.3) is 0 Å². The SMILES string of the molecule is N[C@]1(C(=O)O)CC(=O)[C@@H]2C1[C@@]2(F)C(=O)O. The minimum absolute atomic E-state index is 0.503. The number of carboxylic acids is 2. The van der Waals surface area contributed by atoms with Crippen molar-refractivity contribution in [3.8, 4) is 0 Å². The number of carboxylic acid groups (broad SMARTS) is 2. The lowest BCUT2D eigenvalue weighted by Gasteiger charge is -2.21. The monoisotopic (exact) mass is 217 g/mol. The summed E-state index contributed by atoms with van der Waals surface area (Å²) in [5.41, 5.74) is 0.503. The van der Waals surface area contributed by atoms with E-state index in [2.05, 4.69) is 0 Å². The van der Waals surface area contributed by atoms with Crippen molar-refractivity contribution in [2.24, 2.45) is 17.6 Å². The first-order valence-corrected chi connectivity index (χ1v) is 4.23. The van der Waals surface area contributed by atoms with Crippen molar-refractivity contribution in [1.29, 1.82) is 0 Å². The molecule has 2 fully saturated rings. The van der Waals surface area contributed by atoms with Gasteiger partial charge in [-0.05, 0) is 0 Å². The fourth-order valence-corrected chi connectivity index (χ4v) is 2.43. The molecule has 2 aliphatic carbocycles. The summed E-state index contributed by atoms with van der Waals surface area (Å²) in [4.78, 5) is 32.6. The molecule has 0 bridgehead atoms. The van der Waals surface area contributed by atoms with Crippen molar-refractivity contribution < 1.29 is 29.0 Å². The quantitative estimate of drug-likeness (QED) is 0.533. The Labute approximate surface area is 82.9 Å². The number of aliphatic carboxylic acids is 2. The van der Waals surface area contributed by atoms with Gasteiger partial charge in [0, 0.05) is 12.3 Å². The first-order chi connectivity index (χ1) is 6.76. The van der Waals surface area contributed by atoms with Crippen molar-refractivity contribution in [1.82, 2.24) is 0 Å². The van der Waals surface area contributed by atoms with Gasteiger partial charge in [-0.3, -0.25) is 9.59 Å². The predicted molar refractivity (Wildman–Crippen MR) is 42.6 cm³/mol. The minimum Gasteiger partial charge on any atom is -0.480 e. The molecule has 0 aliphatic heterocycles. The van der Waals surface area contributed by atoms with Crippen molar-refractivity contribution >= 4 is 17.7 Å². The molecule has 15 heavy (non-hydrogen) atoms. The smallest absolute Gasteiger partial charge is 0.342 e. The Morgan fingerprint density at radius 3 is 2.27 bits per heavy atom. The van der Waals surface area contributed by atoms with Gasteiger partial charge in [-0.2, -0.15) is 0 Å². The Bertz CT molecular complexity index is 396. The molecule has 0 amide bonds. The standard InChI is InChI=1S/C8H8FNO5/c9-8(6(14)15)3-2(11)1-7(10,4(3)8)5(12)13/h3-4H,1,10H2,(H,12,13)(H,14,15)/t3-,4?,7-,8-/m1/s1. The van der Waals surface area contributed by atoms with E-state index in [1.54, 1.807) is 0 Å². The molecule has 0 spiro atoms. The number of fused-ring (bicyclic) bond motifs is 1. The van der Waals surface area contributed by atoms with Gasteiger partial charge < -0.3 is 15.9 Å². The third-order valence-corrected chi connectivity index (χ3v) is 3.22. The number of nitrogens with two attached hydrogens (primary N) is 1. The van der Waals surface area contributed by atoms with Gasteiger partial charge in [-0.1, -0.05) is 0 Å². The van der Waals surface area contributed by atoms with Crippen LogP contribution in [0.25, 0.3) is 0 Å². The molecule has 7 heteroatoms. The number of Topliss-reactive ketones (excluding diaryl/α,β-unsaturated/α-hetero) is 1. The summed E-state index contributed by atoms with van der Waals surface area (Å²) in [5.74, 6) is -6.91. The Morgan fingerprint density at radius 2 is 1.93 bits per heavy atom. The summed E-state index contributed by atoms with van der Waals surface area (Å²) in [6, 6.07) is 0. The van der Waals surface area contributed by atoms with E-state index >= 15 is 0 Å². The summed E-state index contributed by atoms with van der Waals surface area (Å²) < 4.78 is 13.7. The molecule has 4 N–H and O–H groups in total. The highest BCUT2D eigenvalue weighted by Crippen LogP contribution is 2.64.